The lowest BCUT2D eigenvalue weighted by Crippen LogP contribution is -2.24. The Bertz CT molecular complexity index is 1190. The average molecular weight is 446 g/mol. The molecule has 1 N–H and O–H groups in total. The van der Waals surface area contributed by atoms with E-state index < -0.39 is 15.8 Å². The number of aromatic nitrogens is 2. The Morgan fingerprint density at radius 1 is 1.10 bits per heavy atom. The van der Waals surface area contributed by atoms with Crippen LogP contribution in [0.1, 0.15) is 42.4 Å². The first-order valence-electron chi connectivity index (χ1n) is 9.00. The van der Waals surface area contributed by atoms with Crippen molar-refractivity contribution < 1.29 is 17.9 Å². The fraction of sp³-hybridized carbons (Fsp3) is 0.190. The Labute approximate surface area is 180 Å². The number of nitrogens with zero attached hydrogens (tertiary/aromatic N) is 2. The van der Waals surface area contributed by atoms with Gasteiger partial charge in [0.2, 0.25) is 5.78 Å². The van der Waals surface area contributed by atoms with Gasteiger partial charge in [0.25, 0.3) is 10.0 Å². The molecule has 0 radical (unpaired) electrons. The van der Waals surface area contributed by atoms with E-state index in [1.54, 1.807) is 12.1 Å². The van der Waals surface area contributed by atoms with Gasteiger partial charge < -0.3 is 5.21 Å². The number of anilines is 1. The van der Waals surface area contributed by atoms with Crippen LogP contribution in [0.2, 0.25) is 5.02 Å². The summed E-state index contributed by atoms with van der Waals surface area (Å²) < 4.78 is 28.7. The third-order valence-corrected chi connectivity index (χ3v) is 6.00. The van der Waals surface area contributed by atoms with E-state index in [1.165, 1.54) is 48.9 Å². The first kappa shape index (κ1) is 21.7. The number of pyridine rings is 2. The number of sulfonamides is 1. The smallest absolute Gasteiger partial charge is 0.261 e. The van der Waals surface area contributed by atoms with Crippen LogP contribution in [0.5, 0.6) is 0 Å². The van der Waals surface area contributed by atoms with E-state index >= 15 is 0 Å². The highest BCUT2D eigenvalue weighted by Crippen LogP contribution is 2.26. The van der Waals surface area contributed by atoms with Gasteiger partial charge in [-0.2, -0.15) is 4.73 Å². The number of rotatable bonds is 5. The monoisotopic (exact) mass is 445 g/mol. The first-order chi connectivity index (χ1) is 14.0. The van der Waals surface area contributed by atoms with E-state index in [-0.39, 0.29) is 32.3 Å². The van der Waals surface area contributed by atoms with Crippen molar-refractivity contribution in [2.75, 3.05) is 4.72 Å². The molecule has 0 atom stereocenters. The number of benzene rings is 1. The fourth-order valence-electron chi connectivity index (χ4n) is 2.74. The molecule has 0 unspecified atom stereocenters. The van der Waals surface area contributed by atoms with E-state index in [9.17, 15) is 18.4 Å². The maximum atomic E-state index is 12.9. The number of nitrogens with one attached hydrogen (secondary N) is 1. The van der Waals surface area contributed by atoms with E-state index in [0.717, 1.165) is 5.56 Å². The number of carbonyl (C=O) groups excluding carboxylic acids is 1. The predicted molar refractivity (Wildman–Crippen MR) is 114 cm³/mol. The van der Waals surface area contributed by atoms with Crippen LogP contribution in [-0.2, 0) is 15.4 Å². The third kappa shape index (κ3) is 4.77. The average Bonchev–Trinajstić information content (AvgIpc) is 2.67. The summed E-state index contributed by atoms with van der Waals surface area (Å²) in [5.74, 6) is -0.548. The molecule has 3 aromatic rings. The van der Waals surface area contributed by atoms with E-state index in [4.69, 9.17) is 11.6 Å². The van der Waals surface area contributed by atoms with Crippen LogP contribution in [0.15, 0.2) is 66.0 Å². The maximum Gasteiger partial charge on any atom is 0.261 e. The minimum atomic E-state index is -3.99. The Morgan fingerprint density at radius 2 is 1.70 bits per heavy atom. The molecule has 2 heterocycles. The summed E-state index contributed by atoms with van der Waals surface area (Å²) in [5.41, 5.74) is 0.877. The molecule has 0 saturated heterocycles. The van der Waals surface area contributed by atoms with Crippen LogP contribution < -0.4 is 9.45 Å². The lowest BCUT2D eigenvalue weighted by Gasteiger charge is -2.19. The summed E-state index contributed by atoms with van der Waals surface area (Å²) in [5, 5.41) is 11.4. The number of ketones is 1. The van der Waals surface area contributed by atoms with Crippen molar-refractivity contribution in [1.29, 1.82) is 0 Å². The summed E-state index contributed by atoms with van der Waals surface area (Å²) in [7, 11) is -3.99. The fourth-order valence-corrected chi connectivity index (χ4v) is 3.95. The number of carbonyl (C=O) groups is 1. The van der Waals surface area contributed by atoms with Crippen molar-refractivity contribution in [1.82, 2.24) is 4.98 Å². The summed E-state index contributed by atoms with van der Waals surface area (Å²) in [4.78, 5) is 16.9. The summed E-state index contributed by atoms with van der Waals surface area (Å²) in [6.45, 7) is 6.09. The zero-order valence-electron chi connectivity index (χ0n) is 16.6. The van der Waals surface area contributed by atoms with Gasteiger partial charge in [0.1, 0.15) is 5.69 Å². The van der Waals surface area contributed by atoms with Gasteiger partial charge in [-0.3, -0.25) is 9.52 Å². The molecular weight excluding hydrogens is 426 g/mol. The molecule has 7 nitrogen and oxygen atoms in total. The molecule has 30 heavy (non-hydrogen) atoms. The minimum Gasteiger partial charge on any atom is -0.619 e. The van der Waals surface area contributed by atoms with Gasteiger partial charge in [-0.15, -0.1) is 0 Å². The summed E-state index contributed by atoms with van der Waals surface area (Å²) in [6, 6.07) is 10.5. The normalized spacial score (nSPS) is 11.9. The van der Waals surface area contributed by atoms with Gasteiger partial charge in [-0.05, 0) is 29.2 Å². The second-order valence-electron chi connectivity index (χ2n) is 7.71. The van der Waals surface area contributed by atoms with Crippen LogP contribution in [0.3, 0.4) is 0 Å². The molecule has 3 rings (SSSR count). The standard InChI is InChI=1S/C21H20ClN3O4S/c1-21(2,3)15-4-6-17(7-5-15)30(28,29)24-18-12-16(22)13-23-19(18)20(26)14-8-10-25(27)11-9-14/h4-13,24H,1-3H3. The highest BCUT2D eigenvalue weighted by atomic mass is 35.5. The summed E-state index contributed by atoms with van der Waals surface area (Å²) >= 11 is 5.98. The van der Waals surface area contributed by atoms with E-state index in [0.29, 0.717) is 4.73 Å². The Kier molecular flexibility index (Phi) is 5.83. The molecule has 0 bridgehead atoms. The Hall–Kier alpha value is -2.97. The van der Waals surface area contributed by atoms with Crippen molar-refractivity contribution in [3.8, 4) is 0 Å². The molecule has 9 heteroatoms. The second-order valence-corrected chi connectivity index (χ2v) is 9.82. The molecule has 0 aliphatic heterocycles. The van der Waals surface area contributed by atoms with E-state index in [2.05, 4.69) is 9.71 Å². The van der Waals surface area contributed by atoms with Gasteiger partial charge >= 0.3 is 0 Å². The van der Waals surface area contributed by atoms with E-state index in [1.807, 2.05) is 20.8 Å². The molecule has 0 amide bonds. The van der Waals surface area contributed by atoms with Gasteiger partial charge in [0.15, 0.2) is 12.4 Å². The molecule has 0 spiro atoms. The van der Waals surface area contributed by atoms with Crippen molar-refractivity contribution in [3.63, 3.8) is 0 Å². The van der Waals surface area contributed by atoms with Crippen molar-refractivity contribution >= 4 is 33.1 Å². The Morgan fingerprint density at radius 3 is 2.27 bits per heavy atom. The van der Waals surface area contributed by atoms with Gasteiger partial charge in [-0.1, -0.05) is 44.5 Å². The third-order valence-electron chi connectivity index (χ3n) is 4.41. The first-order valence-corrected chi connectivity index (χ1v) is 10.9. The Balaban J connectivity index is 1.97. The van der Waals surface area contributed by atoms with Crippen molar-refractivity contribution in [2.45, 2.75) is 31.1 Å². The molecule has 0 aliphatic carbocycles. The zero-order chi connectivity index (χ0) is 22.1. The lowest BCUT2D eigenvalue weighted by molar-refractivity contribution is -0.605. The van der Waals surface area contributed by atoms with Crippen molar-refractivity contribution in [3.05, 3.63) is 88.1 Å². The van der Waals surface area contributed by atoms with Crippen LogP contribution in [0.4, 0.5) is 5.69 Å². The summed E-state index contributed by atoms with van der Waals surface area (Å²) in [6.07, 6.45) is 3.59. The second kappa shape index (κ2) is 8.04. The molecule has 0 saturated carbocycles. The maximum absolute atomic E-state index is 12.9. The van der Waals surface area contributed by atoms with Crippen LogP contribution >= 0.6 is 11.6 Å². The largest absolute Gasteiger partial charge is 0.619 e. The minimum absolute atomic E-state index is 0.0426. The molecule has 156 valence electrons. The van der Waals surface area contributed by atoms with Gasteiger partial charge in [-0.25, -0.2) is 13.4 Å². The molecule has 0 aliphatic rings. The highest BCUT2D eigenvalue weighted by molar-refractivity contribution is 7.92. The van der Waals surface area contributed by atoms with Crippen molar-refractivity contribution in [2.24, 2.45) is 0 Å². The number of halogens is 1. The highest BCUT2D eigenvalue weighted by Gasteiger charge is 2.22. The molecule has 1 aromatic carbocycles. The van der Waals surface area contributed by atoms with Gasteiger partial charge in [0, 0.05) is 23.9 Å². The zero-order valence-corrected chi connectivity index (χ0v) is 18.2. The van der Waals surface area contributed by atoms with Crippen LogP contribution in [0, 0.1) is 5.21 Å². The topological polar surface area (TPSA) is 103 Å². The molecule has 2 aromatic heterocycles. The predicted octanol–water partition coefficient (Wildman–Crippen LogP) is 3.70. The van der Waals surface area contributed by atoms with Crippen LogP contribution in [0.25, 0.3) is 0 Å². The molecular formula is C21H20ClN3O4S. The SMILES string of the molecule is CC(C)(C)c1ccc(S(=O)(=O)Nc2cc(Cl)cnc2C(=O)c2cc[n+]([O-])cc2)cc1. The van der Waals surface area contributed by atoms with Gasteiger partial charge in [0.05, 0.1) is 15.6 Å². The number of hydrogen-bond acceptors (Lipinski definition) is 5. The quantitative estimate of drug-likeness (QED) is 0.366. The lowest BCUT2D eigenvalue weighted by atomic mass is 9.87. The van der Waals surface area contributed by atoms with Crippen LogP contribution in [-0.4, -0.2) is 19.2 Å². The number of hydrogen-bond donors (Lipinski definition) is 1. The molecule has 0 fully saturated rings.